The van der Waals surface area contributed by atoms with Gasteiger partial charge in [0.15, 0.2) is 0 Å². The molecule has 3 rings (SSSR count). The van der Waals surface area contributed by atoms with E-state index in [-0.39, 0.29) is 0 Å². The van der Waals surface area contributed by atoms with Crippen molar-refractivity contribution in [2.75, 3.05) is 6.54 Å². The van der Waals surface area contributed by atoms with E-state index in [9.17, 15) is 0 Å². The minimum Gasteiger partial charge on any atom is -0.314 e. The van der Waals surface area contributed by atoms with Crippen LogP contribution in [0.15, 0.2) is 28.7 Å². The molecule has 2 fully saturated rings. The average Bonchev–Trinajstić information content (AvgIpc) is 3.05. The summed E-state index contributed by atoms with van der Waals surface area (Å²) in [5, 5.41) is 3.69. The van der Waals surface area contributed by atoms with Crippen molar-refractivity contribution in [2.45, 2.75) is 44.1 Å². The third kappa shape index (κ3) is 3.11. The first-order valence-corrected chi connectivity index (χ1v) is 7.59. The summed E-state index contributed by atoms with van der Waals surface area (Å²) in [6, 6.07) is 9.56. The highest BCUT2D eigenvalue weighted by atomic mass is 79.9. The molecule has 0 saturated heterocycles. The number of halogens is 1. The first-order valence-electron chi connectivity index (χ1n) is 6.80. The Hall–Kier alpha value is -0.340. The zero-order valence-electron chi connectivity index (χ0n) is 10.2. The summed E-state index contributed by atoms with van der Waals surface area (Å²) in [5.74, 6) is 1.84. The first-order chi connectivity index (χ1) is 8.31. The Bertz CT molecular complexity index is 380. The molecule has 2 heteroatoms. The number of benzene rings is 1. The second kappa shape index (κ2) is 5.11. The molecule has 0 amide bonds. The minimum absolute atomic E-state index is 0.776. The molecule has 17 heavy (non-hydrogen) atoms. The van der Waals surface area contributed by atoms with E-state index >= 15 is 0 Å². The fourth-order valence-corrected chi connectivity index (χ4v) is 3.13. The van der Waals surface area contributed by atoms with Gasteiger partial charge in [-0.3, -0.25) is 0 Å². The Morgan fingerprint density at radius 3 is 2.76 bits per heavy atom. The summed E-state index contributed by atoms with van der Waals surface area (Å²) in [4.78, 5) is 0. The van der Waals surface area contributed by atoms with E-state index < -0.39 is 0 Å². The van der Waals surface area contributed by atoms with Gasteiger partial charge in [0, 0.05) is 10.5 Å². The van der Waals surface area contributed by atoms with Crippen LogP contribution in [0.1, 0.15) is 43.6 Å². The van der Waals surface area contributed by atoms with Gasteiger partial charge in [-0.15, -0.1) is 0 Å². The van der Waals surface area contributed by atoms with Crippen LogP contribution in [0.25, 0.3) is 0 Å². The molecule has 0 aromatic heterocycles. The van der Waals surface area contributed by atoms with Crippen LogP contribution in [-0.4, -0.2) is 12.6 Å². The molecule has 1 nitrogen and oxygen atoms in total. The smallest absolute Gasteiger partial charge is 0.0178 e. The molecule has 2 aliphatic rings. The van der Waals surface area contributed by atoms with Crippen molar-refractivity contribution in [3.05, 3.63) is 34.3 Å². The topological polar surface area (TPSA) is 12.0 Å². The van der Waals surface area contributed by atoms with Crippen molar-refractivity contribution in [1.29, 1.82) is 0 Å². The van der Waals surface area contributed by atoms with E-state index in [0.29, 0.717) is 0 Å². The van der Waals surface area contributed by atoms with Gasteiger partial charge in [-0.05, 0) is 55.3 Å². The molecule has 2 aliphatic carbocycles. The number of nitrogens with one attached hydrogen (secondary N) is 1. The number of hydrogen-bond donors (Lipinski definition) is 1. The lowest BCUT2D eigenvalue weighted by atomic mass is 9.76. The van der Waals surface area contributed by atoms with Crippen LogP contribution in [0.4, 0.5) is 0 Å². The Morgan fingerprint density at radius 2 is 2.06 bits per heavy atom. The van der Waals surface area contributed by atoms with Gasteiger partial charge in [0.1, 0.15) is 0 Å². The van der Waals surface area contributed by atoms with Gasteiger partial charge in [0.05, 0.1) is 0 Å². The van der Waals surface area contributed by atoms with Crippen LogP contribution in [0.3, 0.4) is 0 Å². The van der Waals surface area contributed by atoms with Crippen molar-refractivity contribution in [2.24, 2.45) is 5.92 Å². The van der Waals surface area contributed by atoms with Crippen molar-refractivity contribution in [1.82, 2.24) is 5.32 Å². The standard InChI is InChI=1S/C15H20BrN/c16-14-3-1-2-12(8-14)13-9-15(10-13)17-7-6-11-4-5-11/h1-3,8,11,13,15,17H,4-7,9-10H2. The first kappa shape index (κ1) is 11.7. The van der Waals surface area contributed by atoms with Crippen molar-refractivity contribution >= 4 is 15.9 Å². The van der Waals surface area contributed by atoms with Crippen LogP contribution in [0.2, 0.25) is 0 Å². The third-order valence-electron chi connectivity index (χ3n) is 4.14. The van der Waals surface area contributed by atoms with E-state index in [2.05, 4.69) is 45.5 Å². The summed E-state index contributed by atoms with van der Waals surface area (Å²) in [5.41, 5.74) is 1.50. The molecule has 1 N–H and O–H groups in total. The van der Waals surface area contributed by atoms with E-state index in [0.717, 1.165) is 17.9 Å². The molecule has 1 aromatic rings. The van der Waals surface area contributed by atoms with Crippen LogP contribution < -0.4 is 5.32 Å². The summed E-state index contributed by atoms with van der Waals surface area (Å²) >= 11 is 3.55. The summed E-state index contributed by atoms with van der Waals surface area (Å²) in [7, 11) is 0. The fourth-order valence-electron chi connectivity index (χ4n) is 2.72. The van der Waals surface area contributed by atoms with Crippen molar-refractivity contribution in [3.63, 3.8) is 0 Å². The van der Waals surface area contributed by atoms with Crippen LogP contribution in [-0.2, 0) is 0 Å². The summed E-state index contributed by atoms with van der Waals surface area (Å²) in [6.45, 7) is 1.24. The molecule has 92 valence electrons. The minimum atomic E-state index is 0.776. The average molecular weight is 294 g/mol. The third-order valence-corrected chi connectivity index (χ3v) is 4.63. The molecular formula is C15H20BrN. The number of rotatable bonds is 5. The molecule has 0 heterocycles. The monoisotopic (exact) mass is 293 g/mol. The maximum Gasteiger partial charge on any atom is 0.0178 e. The number of hydrogen-bond acceptors (Lipinski definition) is 1. The Balaban J connectivity index is 1.41. The van der Waals surface area contributed by atoms with E-state index in [1.807, 2.05) is 0 Å². The Kier molecular flexibility index (Phi) is 3.53. The molecule has 0 atom stereocenters. The van der Waals surface area contributed by atoms with Crippen LogP contribution in [0.5, 0.6) is 0 Å². The predicted octanol–water partition coefficient (Wildman–Crippen LogP) is 4.08. The van der Waals surface area contributed by atoms with Gasteiger partial charge in [-0.25, -0.2) is 0 Å². The van der Waals surface area contributed by atoms with E-state index in [1.54, 1.807) is 0 Å². The zero-order chi connectivity index (χ0) is 11.7. The maximum atomic E-state index is 3.69. The lowest BCUT2D eigenvalue weighted by Crippen LogP contribution is -2.40. The van der Waals surface area contributed by atoms with Crippen LogP contribution in [0, 0.1) is 5.92 Å². The normalized spacial score (nSPS) is 27.8. The lowest BCUT2D eigenvalue weighted by Gasteiger charge is -2.36. The molecule has 0 bridgehead atoms. The quantitative estimate of drug-likeness (QED) is 0.862. The largest absolute Gasteiger partial charge is 0.314 e. The molecule has 0 spiro atoms. The fraction of sp³-hybridized carbons (Fsp3) is 0.600. The summed E-state index contributed by atoms with van der Waals surface area (Å²) in [6.07, 6.45) is 7.00. The molecule has 0 radical (unpaired) electrons. The maximum absolute atomic E-state index is 3.69. The Morgan fingerprint density at radius 1 is 1.24 bits per heavy atom. The Labute approximate surface area is 112 Å². The van der Waals surface area contributed by atoms with Crippen LogP contribution >= 0.6 is 15.9 Å². The highest BCUT2D eigenvalue weighted by molar-refractivity contribution is 9.10. The van der Waals surface area contributed by atoms with Gasteiger partial charge in [-0.2, -0.15) is 0 Å². The molecule has 0 unspecified atom stereocenters. The lowest BCUT2D eigenvalue weighted by molar-refractivity contribution is 0.289. The predicted molar refractivity (Wildman–Crippen MR) is 75.2 cm³/mol. The summed E-state index contributed by atoms with van der Waals surface area (Å²) < 4.78 is 1.21. The van der Waals surface area contributed by atoms with Gasteiger partial charge in [0.2, 0.25) is 0 Å². The van der Waals surface area contributed by atoms with E-state index in [4.69, 9.17) is 0 Å². The van der Waals surface area contributed by atoms with Gasteiger partial charge < -0.3 is 5.32 Å². The van der Waals surface area contributed by atoms with E-state index in [1.165, 1.54) is 48.7 Å². The second-order valence-corrected chi connectivity index (χ2v) is 6.52. The molecular weight excluding hydrogens is 274 g/mol. The zero-order valence-corrected chi connectivity index (χ0v) is 11.7. The van der Waals surface area contributed by atoms with Gasteiger partial charge >= 0.3 is 0 Å². The molecule has 2 saturated carbocycles. The highest BCUT2D eigenvalue weighted by Gasteiger charge is 2.30. The van der Waals surface area contributed by atoms with Crippen molar-refractivity contribution in [3.8, 4) is 0 Å². The SMILES string of the molecule is Brc1cccc(C2CC(NCCC3CC3)C2)c1. The molecule has 0 aliphatic heterocycles. The molecule has 1 aromatic carbocycles. The second-order valence-electron chi connectivity index (χ2n) is 5.61. The van der Waals surface area contributed by atoms with Gasteiger partial charge in [-0.1, -0.05) is 40.9 Å². The van der Waals surface area contributed by atoms with Gasteiger partial charge in [0.25, 0.3) is 0 Å². The van der Waals surface area contributed by atoms with Crippen molar-refractivity contribution < 1.29 is 0 Å². The highest BCUT2D eigenvalue weighted by Crippen LogP contribution is 2.38.